The summed E-state index contributed by atoms with van der Waals surface area (Å²) >= 11 is 5.95. The third-order valence-corrected chi connectivity index (χ3v) is 4.00. The highest BCUT2D eigenvalue weighted by Crippen LogP contribution is 2.29. The molecule has 9 heteroatoms. The predicted octanol–water partition coefficient (Wildman–Crippen LogP) is 3.89. The molecule has 1 N–H and O–H groups in total. The third-order valence-electron chi connectivity index (χ3n) is 3.68. The molecule has 0 saturated carbocycles. The number of anilines is 1. The summed E-state index contributed by atoms with van der Waals surface area (Å²) < 4.78 is 34.2. The molecule has 1 amide bonds. The lowest BCUT2D eigenvalue weighted by molar-refractivity contribution is -0.117. The summed E-state index contributed by atoms with van der Waals surface area (Å²) in [4.78, 5) is 13.9. The normalized spacial score (nSPS) is 10.6. The Hall–Kier alpha value is -2.89. The molecule has 0 aromatic heterocycles. The first-order chi connectivity index (χ1) is 13.3. The summed E-state index contributed by atoms with van der Waals surface area (Å²) in [6.45, 7) is -2.48. The van der Waals surface area contributed by atoms with Gasteiger partial charge in [0.1, 0.15) is 6.07 Å². The van der Waals surface area contributed by atoms with E-state index in [2.05, 4.69) is 10.1 Å². The molecule has 6 nitrogen and oxygen atoms in total. The van der Waals surface area contributed by atoms with Crippen molar-refractivity contribution in [1.82, 2.24) is 4.90 Å². The predicted molar refractivity (Wildman–Crippen MR) is 101 cm³/mol. The average Bonchev–Trinajstić information content (AvgIpc) is 2.62. The van der Waals surface area contributed by atoms with Crippen LogP contribution in [0, 0.1) is 11.3 Å². The van der Waals surface area contributed by atoms with E-state index in [1.54, 1.807) is 30.1 Å². The number of nitriles is 1. The van der Waals surface area contributed by atoms with E-state index in [4.69, 9.17) is 21.6 Å². The van der Waals surface area contributed by atoms with Crippen LogP contribution < -0.4 is 14.8 Å². The van der Waals surface area contributed by atoms with Crippen LogP contribution in [0.15, 0.2) is 36.4 Å². The number of ether oxygens (including phenoxy) is 2. The number of nitrogens with zero attached hydrogens (tertiary/aromatic N) is 2. The Morgan fingerprint density at radius 1 is 1.29 bits per heavy atom. The largest absolute Gasteiger partial charge is 0.493 e. The number of methoxy groups -OCH3 is 1. The van der Waals surface area contributed by atoms with Crippen molar-refractivity contribution in [2.24, 2.45) is 0 Å². The molecule has 0 aliphatic carbocycles. The van der Waals surface area contributed by atoms with Crippen molar-refractivity contribution in [2.75, 3.05) is 26.0 Å². The van der Waals surface area contributed by atoms with E-state index in [1.807, 2.05) is 6.07 Å². The van der Waals surface area contributed by atoms with Gasteiger partial charge in [0.2, 0.25) is 5.91 Å². The summed E-state index contributed by atoms with van der Waals surface area (Å²) in [5, 5.41) is 11.8. The highest BCUT2D eigenvalue weighted by molar-refractivity contribution is 6.32. The molecule has 2 aromatic rings. The monoisotopic (exact) mass is 409 g/mol. The number of amides is 1. The van der Waals surface area contributed by atoms with Crippen LogP contribution in [0.4, 0.5) is 14.5 Å². The summed E-state index contributed by atoms with van der Waals surface area (Å²) in [5.41, 5.74) is 1.57. The minimum atomic E-state index is -2.94. The minimum absolute atomic E-state index is 0.0562. The van der Waals surface area contributed by atoms with Crippen LogP contribution in [0.3, 0.4) is 0 Å². The topological polar surface area (TPSA) is 74.6 Å². The van der Waals surface area contributed by atoms with Gasteiger partial charge in [0, 0.05) is 12.2 Å². The van der Waals surface area contributed by atoms with E-state index in [0.717, 1.165) is 5.56 Å². The molecule has 0 spiro atoms. The van der Waals surface area contributed by atoms with Gasteiger partial charge in [0.25, 0.3) is 0 Å². The highest BCUT2D eigenvalue weighted by Gasteiger charge is 2.13. The van der Waals surface area contributed by atoms with Crippen LogP contribution in [0.1, 0.15) is 11.1 Å². The number of alkyl halides is 2. The first-order valence-corrected chi connectivity index (χ1v) is 8.50. The smallest absolute Gasteiger partial charge is 0.387 e. The number of likely N-dealkylation sites (N-methyl/N-ethyl adjacent to an activating group) is 1. The standard InChI is InChI=1S/C19H18ClF2N3O3/c1-25(10-12-3-6-16(28-19(21)22)17(7-12)27-2)11-18(26)24-14-5-4-13(9-23)15(20)8-14/h3-8,19H,10-11H2,1-2H3,(H,24,26). The Morgan fingerprint density at radius 2 is 2.04 bits per heavy atom. The van der Waals surface area contributed by atoms with E-state index < -0.39 is 6.61 Å². The number of hydrogen-bond donors (Lipinski definition) is 1. The van der Waals surface area contributed by atoms with Gasteiger partial charge in [-0.3, -0.25) is 9.69 Å². The summed E-state index contributed by atoms with van der Waals surface area (Å²) in [6, 6.07) is 11.2. The fourth-order valence-corrected chi connectivity index (χ4v) is 2.72. The first kappa shape index (κ1) is 21.4. The van der Waals surface area contributed by atoms with Crippen molar-refractivity contribution in [3.63, 3.8) is 0 Å². The lowest BCUT2D eigenvalue weighted by atomic mass is 10.2. The summed E-state index contributed by atoms with van der Waals surface area (Å²) in [6.07, 6.45) is 0. The van der Waals surface area contributed by atoms with Crippen LogP contribution in [-0.2, 0) is 11.3 Å². The van der Waals surface area contributed by atoms with Crippen molar-refractivity contribution in [3.8, 4) is 17.6 Å². The van der Waals surface area contributed by atoms with Crippen LogP contribution in [-0.4, -0.2) is 38.1 Å². The van der Waals surface area contributed by atoms with Gasteiger partial charge in [-0.25, -0.2) is 0 Å². The minimum Gasteiger partial charge on any atom is -0.493 e. The SMILES string of the molecule is COc1cc(CN(C)CC(=O)Nc2ccc(C#N)c(Cl)c2)ccc1OC(F)F. The molecule has 0 atom stereocenters. The van der Waals surface area contributed by atoms with Crippen LogP contribution in [0.5, 0.6) is 11.5 Å². The molecular weight excluding hydrogens is 392 g/mol. The molecule has 0 bridgehead atoms. The van der Waals surface area contributed by atoms with Gasteiger partial charge in [-0.2, -0.15) is 14.0 Å². The Balaban J connectivity index is 1.96. The van der Waals surface area contributed by atoms with E-state index in [-0.39, 0.29) is 29.0 Å². The molecule has 0 saturated heterocycles. The maximum atomic E-state index is 12.4. The molecule has 0 aliphatic rings. The molecule has 28 heavy (non-hydrogen) atoms. The molecule has 0 heterocycles. The average molecular weight is 410 g/mol. The second-order valence-electron chi connectivity index (χ2n) is 5.89. The van der Waals surface area contributed by atoms with Crippen molar-refractivity contribution in [1.29, 1.82) is 5.26 Å². The molecule has 0 fully saturated rings. The zero-order chi connectivity index (χ0) is 20.7. The van der Waals surface area contributed by atoms with Crippen molar-refractivity contribution < 1.29 is 23.0 Å². The Morgan fingerprint density at radius 3 is 2.64 bits per heavy atom. The van der Waals surface area contributed by atoms with Crippen molar-refractivity contribution in [2.45, 2.75) is 13.2 Å². The number of halogens is 3. The maximum Gasteiger partial charge on any atom is 0.387 e. The fraction of sp³-hybridized carbons (Fsp3) is 0.263. The van der Waals surface area contributed by atoms with Crippen molar-refractivity contribution >= 4 is 23.2 Å². The first-order valence-electron chi connectivity index (χ1n) is 8.12. The Kier molecular flexibility index (Phi) is 7.55. The molecule has 0 aliphatic heterocycles. The molecular formula is C19H18ClF2N3O3. The lowest BCUT2D eigenvalue weighted by Gasteiger charge is -2.18. The quantitative estimate of drug-likeness (QED) is 0.715. The van der Waals surface area contributed by atoms with Gasteiger partial charge < -0.3 is 14.8 Å². The maximum absolute atomic E-state index is 12.4. The molecule has 2 aromatic carbocycles. The lowest BCUT2D eigenvalue weighted by Crippen LogP contribution is -2.29. The highest BCUT2D eigenvalue weighted by atomic mass is 35.5. The van der Waals surface area contributed by atoms with E-state index in [9.17, 15) is 13.6 Å². The molecule has 0 radical (unpaired) electrons. The zero-order valence-electron chi connectivity index (χ0n) is 15.2. The summed E-state index contributed by atoms with van der Waals surface area (Å²) in [5.74, 6) is -0.143. The van der Waals surface area contributed by atoms with Gasteiger partial charge in [-0.05, 0) is 42.9 Å². The number of hydrogen-bond acceptors (Lipinski definition) is 5. The Bertz CT molecular complexity index is 887. The van der Waals surface area contributed by atoms with Gasteiger partial charge in [0.05, 0.1) is 24.2 Å². The zero-order valence-corrected chi connectivity index (χ0v) is 16.0. The van der Waals surface area contributed by atoms with Gasteiger partial charge in [-0.1, -0.05) is 17.7 Å². The van der Waals surface area contributed by atoms with Crippen LogP contribution in [0.25, 0.3) is 0 Å². The number of carbonyl (C=O) groups excluding carboxylic acids is 1. The number of rotatable bonds is 8. The third kappa shape index (κ3) is 6.08. The van der Waals surface area contributed by atoms with Gasteiger partial charge in [-0.15, -0.1) is 0 Å². The molecule has 0 unspecified atom stereocenters. The van der Waals surface area contributed by atoms with Gasteiger partial charge >= 0.3 is 6.61 Å². The summed E-state index contributed by atoms with van der Waals surface area (Å²) in [7, 11) is 3.10. The molecule has 2 rings (SSSR count). The second kappa shape index (κ2) is 9.88. The van der Waals surface area contributed by atoms with Gasteiger partial charge in [0.15, 0.2) is 11.5 Å². The Labute approximate surface area is 166 Å². The molecule has 148 valence electrons. The van der Waals surface area contributed by atoms with E-state index in [1.165, 1.54) is 25.3 Å². The number of benzene rings is 2. The van der Waals surface area contributed by atoms with E-state index in [0.29, 0.717) is 17.8 Å². The van der Waals surface area contributed by atoms with Crippen LogP contribution in [0.2, 0.25) is 5.02 Å². The number of carbonyl (C=O) groups is 1. The van der Waals surface area contributed by atoms with Crippen LogP contribution >= 0.6 is 11.6 Å². The second-order valence-corrected chi connectivity index (χ2v) is 6.30. The van der Waals surface area contributed by atoms with E-state index >= 15 is 0 Å². The number of nitrogens with one attached hydrogen (secondary N) is 1. The fourth-order valence-electron chi connectivity index (χ4n) is 2.50. The van der Waals surface area contributed by atoms with Crippen molar-refractivity contribution in [3.05, 3.63) is 52.5 Å².